The van der Waals surface area contributed by atoms with Crippen molar-refractivity contribution in [2.45, 2.75) is 51.0 Å². The molecule has 1 aliphatic carbocycles. The van der Waals surface area contributed by atoms with Crippen LogP contribution < -0.4 is 5.32 Å². The summed E-state index contributed by atoms with van der Waals surface area (Å²) in [5.41, 5.74) is 4.63. The maximum Gasteiger partial charge on any atom is 0.407 e. The van der Waals surface area contributed by atoms with E-state index in [0.29, 0.717) is 19.4 Å². The molecule has 180 valence electrons. The minimum atomic E-state index is -0.894. The van der Waals surface area contributed by atoms with Gasteiger partial charge in [0.2, 0.25) is 5.91 Å². The Kier molecular flexibility index (Phi) is 7.50. The highest BCUT2D eigenvalue weighted by Crippen LogP contribution is 2.44. The summed E-state index contributed by atoms with van der Waals surface area (Å²) in [5, 5.41) is 12.0. The smallest absolute Gasteiger partial charge is 0.407 e. The molecule has 7 heteroatoms. The Morgan fingerprint density at radius 1 is 1.06 bits per heavy atom. The molecule has 34 heavy (non-hydrogen) atoms. The van der Waals surface area contributed by atoms with Crippen LogP contribution >= 0.6 is 0 Å². The number of carboxylic acids is 1. The van der Waals surface area contributed by atoms with E-state index in [1.165, 1.54) is 11.1 Å². The average molecular weight is 465 g/mol. The van der Waals surface area contributed by atoms with Gasteiger partial charge in [-0.25, -0.2) is 4.79 Å². The molecule has 2 N–H and O–H groups in total. The molecule has 0 saturated carbocycles. The molecule has 1 aliphatic heterocycles. The number of ether oxygens (including phenoxy) is 1. The fourth-order valence-electron chi connectivity index (χ4n) is 5.20. The first kappa shape index (κ1) is 23.8. The minimum Gasteiger partial charge on any atom is -0.481 e. The van der Waals surface area contributed by atoms with E-state index in [1.54, 1.807) is 4.90 Å². The molecule has 2 aromatic carbocycles. The standard InChI is InChI=1S/C27H32N2O5/c1-2-18(26(32)29-14-8-7-9-19(29)15-25(30)31)16-28-27(33)34-17-24-22-12-5-3-10-20(22)21-11-4-6-13-23(21)24/h3-6,10-13,18-19,24H,2,7-9,14-17H2,1H3,(H,28,33)(H,30,31)/t18?,19-/m0/s1. The van der Waals surface area contributed by atoms with Gasteiger partial charge in [0.05, 0.1) is 12.3 Å². The Bertz CT molecular complexity index is 1010. The largest absolute Gasteiger partial charge is 0.481 e. The molecule has 2 amide bonds. The average Bonchev–Trinajstić information content (AvgIpc) is 3.16. The number of carbonyl (C=O) groups excluding carboxylic acids is 2. The number of rotatable bonds is 8. The number of carbonyl (C=O) groups is 3. The highest BCUT2D eigenvalue weighted by atomic mass is 16.5. The van der Waals surface area contributed by atoms with Gasteiger partial charge in [0.25, 0.3) is 0 Å². The number of piperidine rings is 1. The highest BCUT2D eigenvalue weighted by molar-refractivity contribution is 5.81. The third-order valence-corrected chi connectivity index (χ3v) is 7.00. The normalized spacial score (nSPS) is 18.0. The molecule has 2 aliphatic rings. The van der Waals surface area contributed by atoms with E-state index in [9.17, 15) is 19.5 Å². The van der Waals surface area contributed by atoms with Crippen molar-refractivity contribution in [1.29, 1.82) is 0 Å². The van der Waals surface area contributed by atoms with Gasteiger partial charge in [-0.1, -0.05) is 55.5 Å². The van der Waals surface area contributed by atoms with Crippen LogP contribution in [0.25, 0.3) is 11.1 Å². The van der Waals surface area contributed by atoms with Gasteiger partial charge < -0.3 is 20.1 Å². The number of nitrogens with one attached hydrogen (secondary N) is 1. The third kappa shape index (κ3) is 5.08. The number of fused-ring (bicyclic) bond motifs is 3. The Labute approximate surface area is 200 Å². The van der Waals surface area contributed by atoms with Crippen LogP contribution in [0, 0.1) is 5.92 Å². The Morgan fingerprint density at radius 3 is 2.32 bits per heavy atom. The Balaban J connectivity index is 1.33. The van der Waals surface area contributed by atoms with Crippen LogP contribution in [0.5, 0.6) is 0 Å². The number of carboxylic acid groups (broad SMARTS) is 1. The number of likely N-dealkylation sites (tertiary alicyclic amines) is 1. The van der Waals surface area contributed by atoms with Gasteiger partial charge in [-0.05, 0) is 47.9 Å². The van der Waals surface area contributed by atoms with Crippen molar-refractivity contribution in [2.24, 2.45) is 5.92 Å². The molecule has 1 unspecified atom stereocenters. The van der Waals surface area contributed by atoms with E-state index >= 15 is 0 Å². The van der Waals surface area contributed by atoms with Gasteiger partial charge >= 0.3 is 12.1 Å². The van der Waals surface area contributed by atoms with E-state index < -0.39 is 18.0 Å². The van der Waals surface area contributed by atoms with Gasteiger partial charge in [0.15, 0.2) is 0 Å². The summed E-state index contributed by atoms with van der Waals surface area (Å²) in [7, 11) is 0. The maximum absolute atomic E-state index is 13.1. The van der Waals surface area contributed by atoms with E-state index in [2.05, 4.69) is 29.6 Å². The van der Waals surface area contributed by atoms with E-state index in [-0.39, 0.29) is 37.4 Å². The zero-order valence-corrected chi connectivity index (χ0v) is 19.5. The molecule has 4 rings (SSSR count). The first-order chi connectivity index (χ1) is 16.5. The van der Waals surface area contributed by atoms with Crippen molar-refractivity contribution in [3.63, 3.8) is 0 Å². The van der Waals surface area contributed by atoms with Gasteiger partial charge in [0, 0.05) is 25.0 Å². The lowest BCUT2D eigenvalue weighted by Crippen LogP contribution is -2.49. The van der Waals surface area contributed by atoms with Crippen molar-refractivity contribution < 1.29 is 24.2 Å². The first-order valence-electron chi connectivity index (χ1n) is 12.1. The van der Waals surface area contributed by atoms with E-state index in [0.717, 1.165) is 24.0 Å². The molecule has 0 spiro atoms. The predicted octanol–water partition coefficient (Wildman–Crippen LogP) is 4.41. The summed E-state index contributed by atoms with van der Waals surface area (Å²) in [6.45, 7) is 2.86. The molecular weight excluding hydrogens is 432 g/mol. The van der Waals surface area contributed by atoms with Crippen LogP contribution in [0.4, 0.5) is 4.79 Å². The molecule has 0 bridgehead atoms. The van der Waals surface area contributed by atoms with Crippen LogP contribution in [-0.2, 0) is 14.3 Å². The summed E-state index contributed by atoms with van der Waals surface area (Å²) in [6.07, 6.45) is 2.47. The number of hydrogen-bond acceptors (Lipinski definition) is 4. The number of alkyl carbamates (subject to hydrolysis) is 1. The highest BCUT2D eigenvalue weighted by Gasteiger charge is 2.33. The molecular formula is C27H32N2O5. The molecule has 2 atom stereocenters. The number of nitrogens with zero attached hydrogens (tertiary/aromatic N) is 1. The summed E-state index contributed by atoms with van der Waals surface area (Å²) in [6, 6.07) is 16.0. The van der Waals surface area contributed by atoms with Crippen LogP contribution in [0.2, 0.25) is 0 Å². The van der Waals surface area contributed by atoms with Crippen molar-refractivity contribution in [1.82, 2.24) is 10.2 Å². The van der Waals surface area contributed by atoms with E-state index in [4.69, 9.17) is 4.74 Å². The number of aliphatic carboxylic acids is 1. The number of amides is 2. The predicted molar refractivity (Wildman–Crippen MR) is 128 cm³/mol. The second-order valence-corrected chi connectivity index (χ2v) is 9.09. The Hall–Kier alpha value is -3.35. The quantitative estimate of drug-likeness (QED) is 0.603. The lowest BCUT2D eigenvalue weighted by molar-refractivity contribution is -0.143. The van der Waals surface area contributed by atoms with Crippen LogP contribution in [0.3, 0.4) is 0 Å². The van der Waals surface area contributed by atoms with Gasteiger partial charge in [-0.15, -0.1) is 0 Å². The summed E-state index contributed by atoms with van der Waals surface area (Å²) in [5.74, 6) is -1.41. The SMILES string of the molecule is CCC(CNC(=O)OCC1c2ccccc2-c2ccccc21)C(=O)N1CCCC[C@H]1CC(=O)O. The zero-order chi connectivity index (χ0) is 24.1. The van der Waals surface area contributed by atoms with Crippen LogP contribution in [0.1, 0.15) is 56.1 Å². The fraction of sp³-hybridized carbons (Fsp3) is 0.444. The third-order valence-electron chi connectivity index (χ3n) is 7.00. The van der Waals surface area contributed by atoms with Crippen molar-refractivity contribution in [3.05, 3.63) is 59.7 Å². The van der Waals surface area contributed by atoms with Crippen molar-refractivity contribution in [3.8, 4) is 11.1 Å². The summed E-state index contributed by atoms with van der Waals surface area (Å²) >= 11 is 0. The van der Waals surface area contributed by atoms with Crippen LogP contribution in [-0.4, -0.2) is 53.7 Å². The lowest BCUT2D eigenvalue weighted by atomic mass is 9.96. The number of benzene rings is 2. The molecule has 1 heterocycles. The summed E-state index contributed by atoms with van der Waals surface area (Å²) in [4.78, 5) is 38.5. The first-order valence-corrected chi connectivity index (χ1v) is 12.1. The van der Waals surface area contributed by atoms with Gasteiger partial charge in [-0.3, -0.25) is 9.59 Å². The minimum absolute atomic E-state index is 0.0214. The molecule has 0 radical (unpaired) electrons. The van der Waals surface area contributed by atoms with Crippen molar-refractivity contribution >= 4 is 18.0 Å². The van der Waals surface area contributed by atoms with Crippen molar-refractivity contribution in [2.75, 3.05) is 19.7 Å². The molecule has 1 saturated heterocycles. The maximum atomic E-state index is 13.1. The topological polar surface area (TPSA) is 95.9 Å². The van der Waals surface area contributed by atoms with E-state index in [1.807, 2.05) is 31.2 Å². The molecule has 1 fully saturated rings. The monoisotopic (exact) mass is 464 g/mol. The van der Waals surface area contributed by atoms with Crippen LogP contribution in [0.15, 0.2) is 48.5 Å². The van der Waals surface area contributed by atoms with Gasteiger partial charge in [-0.2, -0.15) is 0 Å². The summed E-state index contributed by atoms with van der Waals surface area (Å²) < 4.78 is 5.58. The lowest BCUT2D eigenvalue weighted by Gasteiger charge is -2.37. The molecule has 2 aromatic rings. The number of hydrogen-bond donors (Lipinski definition) is 2. The molecule has 7 nitrogen and oxygen atoms in total. The fourth-order valence-corrected chi connectivity index (χ4v) is 5.20. The second-order valence-electron chi connectivity index (χ2n) is 9.09. The second kappa shape index (κ2) is 10.7. The molecule has 0 aromatic heterocycles. The zero-order valence-electron chi connectivity index (χ0n) is 19.5. The Morgan fingerprint density at radius 2 is 1.71 bits per heavy atom. The van der Waals surface area contributed by atoms with Gasteiger partial charge in [0.1, 0.15) is 6.61 Å².